The summed E-state index contributed by atoms with van der Waals surface area (Å²) in [5, 5.41) is 16.2. The molecule has 0 radical (unpaired) electrons. The zero-order valence-corrected chi connectivity index (χ0v) is 19.8. The van der Waals surface area contributed by atoms with Crippen LogP contribution in [0.3, 0.4) is 0 Å². The summed E-state index contributed by atoms with van der Waals surface area (Å²) in [6.45, 7) is 4.66. The van der Waals surface area contributed by atoms with E-state index in [9.17, 15) is 9.59 Å². The minimum absolute atomic E-state index is 0.159. The molecule has 2 aliphatic heterocycles. The SMILES string of the molecule is C[C@H]1CC[C@H](c2ccc3nn(C4CN(C)C4)cc3c2)N(C(=O)C(=O)Nc2cncc3cn[nH]c23)C1. The fourth-order valence-corrected chi connectivity index (χ4v) is 5.28. The maximum atomic E-state index is 13.4. The van der Waals surface area contributed by atoms with Crippen molar-refractivity contribution in [1.82, 2.24) is 34.8 Å². The van der Waals surface area contributed by atoms with Crippen molar-refractivity contribution < 1.29 is 9.59 Å². The molecule has 10 heteroatoms. The van der Waals surface area contributed by atoms with Crippen LogP contribution in [0.5, 0.6) is 0 Å². The number of aromatic nitrogens is 5. The number of likely N-dealkylation sites (N-methyl/N-ethyl adjacent to an activating group) is 1. The quantitative estimate of drug-likeness (QED) is 0.444. The van der Waals surface area contributed by atoms with E-state index in [1.165, 1.54) is 6.20 Å². The van der Waals surface area contributed by atoms with Gasteiger partial charge in [-0.3, -0.25) is 24.4 Å². The first-order chi connectivity index (χ1) is 17.0. The van der Waals surface area contributed by atoms with E-state index >= 15 is 0 Å². The number of aromatic amines is 1. The normalized spacial score (nSPS) is 21.4. The standard InChI is InChI=1S/C25H28N8O2/c1-15-3-6-22(16-4-5-20-17(7-16)12-33(30-20)19-13-31(2)14-19)32(11-15)25(35)24(34)28-21-10-26-8-18-9-27-29-23(18)21/h4-5,7-10,12,15,19,22H,3,6,11,13-14H2,1-2H3,(H,27,29)(H,28,34)/t15-,22+/m0/s1. The molecule has 35 heavy (non-hydrogen) atoms. The van der Waals surface area contributed by atoms with Crippen LogP contribution in [0.4, 0.5) is 5.69 Å². The van der Waals surface area contributed by atoms with Gasteiger partial charge in [-0.05, 0) is 43.5 Å². The Morgan fingerprint density at radius 1 is 1.09 bits per heavy atom. The molecular weight excluding hydrogens is 444 g/mol. The Balaban J connectivity index is 1.25. The third kappa shape index (κ3) is 3.93. The van der Waals surface area contributed by atoms with Crippen molar-refractivity contribution in [3.63, 3.8) is 0 Å². The van der Waals surface area contributed by atoms with E-state index in [0.717, 1.165) is 47.8 Å². The van der Waals surface area contributed by atoms with Gasteiger partial charge in [-0.1, -0.05) is 13.0 Å². The molecule has 2 amide bonds. The summed E-state index contributed by atoms with van der Waals surface area (Å²) in [7, 11) is 2.11. The zero-order chi connectivity index (χ0) is 24.1. The van der Waals surface area contributed by atoms with Crippen LogP contribution in [0.25, 0.3) is 21.8 Å². The molecule has 180 valence electrons. The van der Waals surface area contributed by atoms with Gasteiger partial charge in [-0.25, -0.2) is 0 Å². The number of hydrogen-bond acceptors (Lipinski definition) is 6. The molecule has 10 nitrogen and oxygen atoms in total. The molecule has 0 unspecified atom stereocenters. The van der Waals surface area contributed by atoms with E-state index in [-0.39, 0.29) is 6.04 Å². The van der Waals surface area contributed by atoms with Gasteiger partial charge < -0.3 is 15.1 Å². The summed E-state index contributed by atoms with van der Waals surface area (Å²) in [6.07, 6.45) is 8.71. The molecule has 2 atom stereocenters. The zero-order valence-electron chi connectivity index (χ0n) is 19.8. The molecule has 0 bridgehead atoms. The maximum absolute atomic E-state index is 13.4. The highest BCUT2D eigenvalue weighted by Gasteiger charge is 2.35. The minimum Gasteiger partial charge on any atom is -0.327 e. The number of fused-ring (bicyclic) bond motifs is 2. The lowest BCUT2D eigenvalue weighted by molar-refractivity contribution is -0.146. The average Bonchev–Trinajstić information content (AvgIpc) is 3.48. The van der Waals surface area contributed by atoms with Crippen molar-refractivity contribution in [1.29, 1.82) is 0 Å². The number of carbonyl (C=O) groups excluding carboxylic acids is 2. The number of piperidine rings is 1. The highest BCUT2D eigenvalue weighted by molar-refractivity contribution is 6.40. The van der Waals surface area contributed by atoms with Gasteiger partial charge in [0, 0.05) is 42.8 Å². The molecule has 1 aromatic carbocycles. The van der Waals surface area contributed by atoms with Gasteiger partial charge in [-0.15, -0.1) is 0 Å². The topological polar surface area (TPSA) is 112 Å². The fraction of sp³-hybridized carbons (Fsp3) is 0.400. The second kappa shape index (κ2) is 8.46. The van der Waals surface area contributed by atoms with Gasteiger partial charge in [0.25, 0.3) is 0 Å². The van der Waals surface area contributed by atoms with Crippen LogP contribution in [0.2, 0.25) is 0 Å². The number of anilines is 1. The largest absolute Gasteiger partial charge is 0.327 e. The van der Waals surface area contributed by atoms with Crippen molar-refractivity contribution in [2.45, 2.75) is 31.8 Å². The predicted molar refractivity (Wildman–Crippen MR) is 132 cm³/mol. The maximum Gasteiger partial charge on any atom is 0.314 e. The van der Waals surface area contributed by atoms with Crippen LogP contribution in [0.15, 0.2) is 43.0 Å². The Bertz CT molecular complexity index is 1420. The first-order valence-corrected chi connectivity index (χ1v) is 12.0. The van der Waals surface area contributed by atoms with Crippen LogP contribution in [0.1, 0.15) is 37.4 Å². The summed E-state index contributed by atoms with van der Waals surface area (Å²) >= 11 is 0. The Kier molecular flexibility index (Phi) is 5.25. The molecule has 2 aliphatic rings. The van der Waals surface area contributed by atoms with E-state index < -0.39 is 11.8 Å². The number of likely N-dealkylation sites (tertiary alicyclic amines) is 2. The highest BCUT2D eigenvalue weighted by Crippen LogP contribution is 2.35. The molecule has 3 aromatic heterocycles. The molecule has 2 saturated heterocycles. The predicted octanol–water partition coefficient (Wildman–Crippen LogP) is 2.73. The molecule has 6 rings (SSSR count). The molecule has 0 saturated carbocycles. The van der Waals surface area contributed by atoms with Crippen molar-refractivity contribution >= 4 is 39.3 Å². The Morgan fingerprint density at radius 3 is 2.77 bits per heavy atom. The molecule has 4 aromatic rings. The van der Waals surface area contributed by atoms with Crippen molar-refractivity contribution in [3.05, 3.63) is 48.5 Å². The van der Waals surface area contributed by atoms with Crippen molar-refractivity contribution in [2.75, 3.05) is 32.0 Å². The molecular formula is C25H28N8O2. The highest BCUT2D eigenvalue weighted by atomic mass is 16.2. The number of amides is 2. The van der Waals surface area contributed by atoms with Gasteiger partial charge >= 0.3 is 11.8 Å². The van der Waals surface area contributed by atoms with E-state index in [2.05, 4.69) is 56.3 Å². The summed E-state index contributed by atoms with van der Waals surface area (Å²) in [6, 6.07) is 6.43. The first kappa shape index (κ1) is 21.7. The molecule has 5 heterocycles. The number of carbonyl (C=O) groups is 2. The third-order valence-electron chi connectivity index (χ3n) is 7.23. The van der Waals surface area contributed by atoms with E-state index in [0.29, 0.717) is 29.7 Å². The monoisotopic (exact) mass is 472 g/mol. The molecule has 2 N–H and O–H groups in total. The number of H-pyrrole nitrogens is 1. The molecule has 0 aliphatic carbocycles. The smallest absolute Gasteiger partial charge is 0.314 e. The Morgan fingerprint density at radius 2 is 1.94 bits per heavy atom. The first-order valence-electron chi connectivity index (χ1n) is 12.0. The summed E-state index contributed by atoms with van der Waals surface area (Å²) in [4.78, 5) is 34.5. The summed E-state index contributed by atoms with van der Waals surface area (Å²) in [5.74, 6) is -0.884. The lowest BCUT2D eigenvalue weighted by Crippen LogP contribution is -2.46. The lowest BCUT2D eigenvalue weighted by atomic mass is 9.89. The fourth-order valence-electron chi connectivity index (χ4n) is 5.28. The van der Waals surface area contributed by atoms with Gasteiger partial charge in [0.1, 0.15) is 0 Å². The molecule has 0 spiro atoms. The van der Waals surface area contributed by atoms with Crippen LogP contribution in [0, 0.1) is 5.92 Å². The lowest BCUT2D eigenvalue weighted by Gasteiger charge is -2.38. The Hall–Kier alpha value is -3.79. The van der Waals surface area contributed by atoms with Crippen molar-refractivity contribution in [3.8, 4) is 0 Å². The number of benzene rings is 1. The molecule has 2 fully saturated rings. The Labute approximate surface area is 202 Å². The van der Waals surface area contributed by atoms with Gasteiger partial charge in [0.15, 0.2) is 0 Å². The van der Waals surface area contributed by atoms with Gasteiger partial charge in [0.2, 0.25) is 0 Å². The van der Waals surface area contributed by atoms with Gasteiger partial charge in [0.05, 0.1) is 41.2 Å². The van der Waals surface area contributed by atoms with E-state index in [1.54, 1.807) is 17.3 Å². The number of nitrogens with zero attached hydrogens (tertiary/aromatic N) is 6. The average molecular weight is 473 g/mol. The van der Waals surface area contributed by atoms with Crippen LogP contribution in [-0.2, 0) is 9.59 Å². The minimum atomic E-state index is -0.670. The number of rotatable bonds is 3. The van der Waals surface area contributed by atoms with Gasteiger partial charge in [-0.2, -0.15) is 10.2 Å². The number of pyridine rings is 1. The van der Waals surface area contributed by atoms with Crippen LogP contribution >= 0.6 is 0 Å². The summed E-state index contributed by atoms with van der Waals surface area (Å²) in [5.41, 5.74) is 3.07. The van der Waals surface area contributed by atoms with Crippen LogP contribution in [-0.4, -0.2) is 73.3 Å². The van der Waals surface area contributed by atoms with E-state index in [4.69, 9.17) is 5.10 Å². The number of nitrogens with one attached hydrogen (secondary N) is 2. The summed E-state index contributed by atoms with van der Waals surface area (Å²) < 4.78 is 2.05. The van der Waals surface area contributed by atoms with Crippen molar-refractivity contribution in [2.24, 2.45) is 5.92 Å². The second-order valence-electron chi connectivity index (χ2n) is 9.93. The number of hydrogen-bond donors (Lipinski definition) is 2. The van der Waals surface area contributed by atoms with Crippen LogP contribution < -0.4 is 5.32 Å². The second-order valence-corrected chi connectivity index (χ2v) is 9.93. The van der Waals surface area contributed by atoms with E-state index in [1.807, 2.05) is 12.1 Å². The third-order valence-corrected chi connectivity index (χ3v) is 7.23.